The molecule has 0 aromatic rings. The molecule has 0 heterocycles. The molecule has 0 unspecified atom stereocenters. The monoisotopic (exact) mass is 401 g/mol. The molecule has 2 N–H and O–H groups in total. The maximum Gasteiger partial charge on any atom is 0.191 e. The minimum absolute atomic E-state index is 0. The van der Waals surface area contributed by atoms with E-state index in [4.69, 9.17) is 9.47 Å². The van der Waals surface area contributed by atoms with Crippen LogP contribution in [0, 0.1) is 5.92 Å². The van der Waals surface area contributed by atoms with Gasteiger partial charge in [0, 0.05) is 33.4 Å². The Balaban J connectivity index is 0. The second-order valence-electron chi connectivity index (χ2n) is 4.85. The average Bonchev–Trinajstić information content (AvgIpc) is 2.38. The van der Waals surface area contributed by atoms with E-state index in [9.17, 15) is 0 Å². The van der Waals surface area contributed by atoms with Crippen LogP contribution < -0.4 is 10.6 Å². The highest BCUT2D eigenvalue weighted by Crippen LogP contribution is 1.92. The largest absolute Gasteiger partial charge is 0.382 e. The van der Waals surface area contributed by atoms with Gasteiger partial charge in [0.25, 0.3) is 0 Å². The Bertz CT molecular complexity index is 226. The van der Waals surface area contributed by atoms with E-state index >= 15 is 0 Å². The van der Waals surface area contributed by atoms with Crippen molar-refractivity contribution in [2.24, 2.45) is 10.9 Å². The molecule has 0 saturated heterocycles. The maximum absolute atomic E-state index is 5.41. The van der Waals surface area contributed by atoms with Crippen molar-refractivity contribution in [1.82, 2.24) is 10.6 Å². The molecule has 0 aliphatic carbocycles. The van der Waals surface area contributed by atoms with E-state index in [1.807, 2.05) is 0 Å². The number of aliphatic imine (C=N–C) groups is 1. The van der Waals surface area contributed by atoms with Gasteiger partial charge in [-0.15, -0.1) is 24.0 Å². The Kier molecular flexibility index (Phi) is 18.8. The van der Waals surface area contributed by atoms with E-state index in [2.05, 4.69) is 36.4 Å². The van der Waals surface area contributed by atoms with Crippen LogP contribution in [0.2, 0.25) is 0 Å². The number of nitrogens with zero attached hydrogens (tertiary/aromatic N) is 1. The van der Waals surface area contributed by atoms with Crippen molar-refractivity contribution in [2.75, 3.05) is 46.6 Å². The molecule has 0 saturated carbocycles. The molecular formula is C14H32IN3O2. The zero-order valence-corrected chi connectivity index (χ0v) is 15.7. The number of nitrogens with one attached hydrogen (secondary N) is 2. The fourth-order valence-electron chi connectivity index (χ4n) is 1.40. The van der Waals surface area contributed by atoms with Crippen molar-refractivity contribution >= 4 is 29.9 Å². The fourth-order valence-corrected chi connectivity index (χ4v) is 1.40. The molecule has 0 aromatic carbocycles. The molecule has 0 aliphatic rings. The third-order valence-corrected chi connectivity index (χ3v) is 2.40. The molecule has 0 rings (SSSR count). The Morgan fingerprint density at radius 2 is 1.85 bits per heavy atom. The van der Waals surface area contributed by atoms with Crippen LogP contribution in [-0.4, -0.2) is 52.5 Å². The van der Waals surface area contributed by atoms with Crippen LogP contribution in [0.3, 0.4) is 0 Å². The predicted octanol–water partition coefficient (Wildman–Crippen LogP) is 2.26. The zero-order valence-electron chi connectivity index (χ0n) is 13.4. The summed E-state index contributed by atoms with van der Waals surface area (Å²) in [6.45, 7) is 11.2. The van der Waals surface area contributed by atoms with Gasteiger partial charge in [0.1, 0.15) is 0 Å². The summed E-state index contributed by atoms with van der Waals surface area (Å²) in [5.74, 6) is 1.50. The Hall–Kier alpha value is -0.0800. The normalized spacial score (nSPS) is 11.3. The third-order valence-electron chi connectivity index (χ3n) is 2.40. The van der Waals surface area contributed by atoms with Gasteiger partial charge >= 0.3 is 0 Å². The summed E-state index contributed by atoms with van der Waals surface area (Å²) >= 11 is 0. The second kappa shape index (κ2) is 17.0. The highest BCUT2D eigenvalue weighted by Gasteiger charge is 1.98. The first-order valence-corrected chi connectivity index (χ1v) is 7.29. The number of halogens is 1. The molecule has 6 heteroatoms. The molecule has 0 amide bonds. The molecule has 0 bridgehead atoms. The second-order valence-corrected chi connectivity index (χ2v) is 4.85. The van der Waals surface area contributed by atoms with Crippen LogP contribution >= 0.6 is 24.0 Å². The predicted molar refractivity (Wildman–Crippen MR) is 96.2 cm³/mol. The summed E-state index contributed by atoms with van der Waals surface area (Å²) in [4.78, 5) is 4.52. The van der Waals surface area contributed by atoms with E-state index < -0.39 is 0 Å². The van der Waals surface area contributed by atoms with Crippen LogP contribution in [0.5, 0.6) is 0 Å². The van der Waals surface area contributed by atoms with Crippen LogP contribution in [0.25, 0.3) is 0 Å². The molecule has 0 spiro atoms. The molecule has 122 valence electrons. The first-order chi connectivity index (χ1) is 9.20. The van der Waals surface area contributed by atoms with Crippen LogP contribution in [0.15, 0.2) is 4.99 Å². The molecular weight excluding hydrogens is 369 g/mol. The summed E-state index contributed by atoms with van der Waals surface area (Å²) in [7, 11) is 1.69. The van der Waals surface area contributed by atoms with Gasteiger partial charge in [0.05, 0.1) is 13.2 Å². The maximum atomic E-state index is 5.41. The summed E-state index contributed by atoms with van der Waals surface area (Å²) in [6.07, 6.45) is 2.14. The SMILES string of the molecule is CCNC(=NCC(C)C)NCCCCOCCOC.I. The smallest absolute Gasteiger partial charge is 0.191 e. The van der Waals surface area contributed by atoms with Gasteiger partial charge in [-0.1, -0.05) is 13.8 Å². The lowest BCUT2D eigenvalue weighted by molar-refractivity contribution is 0.0689. The molecule has 5 nitrogen and oxygen atoms in total. The van der Waals surface area contributed by atoms with Crippen LogP contribution in [0.1, 0.15) is 33.6 Å². The Morgan fingerprint density at radius 3 is 2.45 bits per heavy atom. The van der Waals surface area contributed by atoms with E-state index in [-0.39, 0.29) is 24.0 Å². The summed E-state index contributed by atoms with van der Waals surface area (Å²) < 4.78 is 10.3. The van der Waals surface area contributed by atoms with Crippen molar-refractivity contribution in [2.45, 2.75) is 33.6 Å². The van der Waals surface area contributed by atoms with E-state index in [0.717, 1.165) is 45.0 Å². The van der Waals surface area contributed by atoms with E-state index in [1.54, 1.807) is 7.11 Å². The standard InChI is InChI=1S/C14H31N3O2.HI/c1-5-15-14(17-12-13(2)3)16-8-6-7-9-19-11-10-18-4;/h13H,5-12H2,1-4H3,(H2,15,16,17);1H. The lowest BCUT2D eigenvalue weighted by Crippen LogP contribution is -2.38. The van der Waals surface area contributed by atoms with Crippen LogP contribution in [0.4, 0.5) is 0 Å². The number of guanidine groups is 1. The molecule has 0 atom stereocenters. The van der Waals surface area contributed by atoms with Gasteiger partial charge in [-0.25, -0.2) is 0 Å². The quantitative estimate of drug-likeness (QED) is 0.241. The van der Waals surface area contributed by atoms with Gasteiger partial charge < -0.3 is 20.1 Å². The molecule has 20 heavy (non-hydrogen) atoms. The summed E-state index contributed by atoms with van der Waals surface area (Å²) in [5, 5.41) is 6.58. The molecule has 0 radical (unpaired) electrons. The van der Waals surface area contributed by atoms with E-state index in [0.29, 0.717) is 19.1 Å². The third kappa shape index (κ3) is 16.0. The molecule has 0 aromatic heterocycles. The Labute approximate surface area is 141 Å². The fraction of sp³-hybridized carbons (Fsp3) is 0.929. The van der Waals surface area contributed by atoms with E-state index in [1.165, 1.54) is 0 Å². The molecule has 0 fully saturated rings. The Morgan fingerprint density at radius 1 is 1.10 bits per heavy atom. The number of hydrogen-bond acceptors (Lipinski definition) is 3. The van der Waals surface area contributed by atoms with Crippen molar-refractivity contribution in [3.05, 3.63) is 0 Å². The highest BCUT2D eigenvalue weighted by molar-refractivity contribution is 14.0. The molecule has 0 aliphatic heterocycles. The zero-order chi connectivity index (χ0) is 14.3. The minimum Gasteiger partial charge on any atom is -0.382 e. The first kappa shape index (κ1) is 22.2. The average molecular weight is 401 g/mol. The number of ether oxygens (including phenoxy) is 2. The van der Waals surface area contributed by atoms with Crippen molar-refractivity contribution in [1.29, 1.82) is 0 Å². The van der Waals surface area contributed by atoms with Crippen molar-refractivity contribution < 1.29 is 9.47 Å². The lowest BCUT2D eigenvalue weighted by atomic mass is 10.2. The van der Waals surface area contributed by atoms with Gasteiger partial charge in [-0.3, -0.25) is 4.99 Å². The van der Waals surface area contributed by atoms with Crippen molar-refractivity contribution in [3.63, 3.8) is 0 Å². The summed E-state index contributed by atoms with van der Waals surface area (Å²) in [6, 6.07) is 0. The number of unbranched alkanes of at least 4 members (excludes halogenated alkanes) is 1. The van der Waals surface area contributed by atoms with Crippen LogP contribution in [-0.2, 0) is 9.47 Å². The van der Waals surface area contributed by atoms with Gasteiger partial charge in [0.2, 0.25) is 0 Å². The number of rotatable bonds is 11. The topological polar surface area (TPSA) is 54.9 Å². The number of methoxy groups -OCH3 is 1. The number of hydrogen-bond donors (Lipinski definition) is 2. The summed E-state index contributed by atoms with van der Waals surface area (Å²) in [5.41, 5.74) is 0. The van der Waals surface area contributed by atoms with Crippen molar-refractivity contribution in [3.8, 4) is 0 Å². The minimum atomic E-state index is 0. The van der Waals surface area contributed by atoms with Gasteiger partial charge in [-0.05, 0) is 25.7 Å². The van der Waals surface area contributed by atoms with Gasteiger partial charge in [0.15, 0.2) is 5.96 Å². The van der Waals surface area contributed by atoms with Gasteiger partial charge in [-0.2, -0.15) is 0 Å². The highest BCUT2D eigenvalue weighted by atomic mass is 127. The lowest BCUT2D eigenvalue weighted by Gasteiger charge is -2.12. The first-order valence-electron chi connectivity index (χ1n) is 7.29.